The normalized spacial score (nSPS) is 14.2. The summed E-state index contributed by atoms with van der Waals surface area (Å²) in [7, 11) is 1.47. The first-order valence-electron chi connectivity index (χ1n) is 35.7. The Morgan fingerprint density at radius 3 is 1.14 bits per heavy atom. The number of amides is 1. The van der Waals surface area contributed by atoms with Gasteiger partial charge in [0, 0.05) is 12.8 Å². The summed E-state index contributed by atoms with van der Waals surface area (Å²) in [4.78, 5) is 37.9. The number of nitrogens with one attached hydrogen (secondary N) is 1. The smallest absolute Gasteiger partial charge is 0.456 e. The molecule has 0 aliphatic rings. The van der Waals surface area contributed by atoms with Crippen LogP contribution in [0.2, 0.25) is 0 Å². The highest BCUT2D eigenvalue weighted by atomic mass is 31.2. The largest absolute Gasteiger partial charge is 0.472 e. The Morgan fingerprint density at radius 1 is 0.419 bits per heavy atom. The van der Waals surface area contributed by atoms with Crippen molar-refractivity contribution in [3.63, 3.8) is 0 Å². The first kappa shape index (κ1) is 82.7. The molecule has 0 aromatic heterocycles. The lowest BCUT2D eigenvalue weighted by Gasteiger charge is -2.27. The Kier molecular flexibility index (Phi) is 62.1. The minimum absolute atomic E-state index is 0.0305. The van der Waals surface area contributed by atoms with Crippen molar-refractivity contribution in [2.75, 3.05) is 40.9 Å². The van der Waals surface area contributed by atoms with Crippen LogP contribution in [0.1, 0.15) is 310 Å². The van der Waals surface area contributed by atoms with E-state index in [1.165, 1.54) is 161 Å². The van der Waals surface area contributed by atoms with Crippen LogP contribution in [0.4, 0.5) is 0 Å². The number of likely N-dealkylation sites (N-methyl/N-ethyl adjacent to an activating group) is 1. The molecule has 0 heterocycles. The molecule has 86 heavy (non-hydrogen) atoms. The molecule has 1 amide bonds. The van der Waals surface area contributed by atoms with Gasteiger partial charge in [-0.25, -0.2) is 4.57 Å². The summed E-state index contributed by atoms with van der Waals surface area (Å²) in [5.41, 5.74) is 0. The molecule has 496 valence electrons. The second-order valence-electron chi connectivity index (χ2n) is 25.0. The topological polar surface area (TPSA) is 111 Å². The average Bonchev–Trinajstić information content (AvgIpc) is 3.66. The molecule has 3 unspecified atom stereocenters. The third-order valence-electron chi connectivity index (χ3n) is 15.4. The summed E-state index contributed by atoms with van der Waals surface area (Å²) in [6.07, 6.45) is 89.6. The van der Waals surface area contributed by atoms with Gasteiger partial charge in [-0.3, -0.25) is 18.6 Å². The van der Waals surface area contributed by atoms with E-state index in [4.69, 9.17) is 13.8 Å². The summed E-state index contributed by atoms with van der Waals surface area (Å²) in [6.45, 7) is 6.87. The third kappa shape index (κ3) is 65.1. The lowest BCUT2D eigenvalue weighted by molar-refractivity contribution is -0.870. The maximum absolute atomic E-state index is 13.6. The van der Waals surface area contributed by atoms with E-state index < -0.39 is 20.0 Å². The fourth-order valence-corrected chi connectivity index (χ4v) is 10.7. The van der Waals surface area contributed by atoms with Gasteiger partial charge in [0.15, 0.2) is 0 Å². The molecule has 0 spiro atoms. The second-order valence-corrected chi connectivity index (χ2v) is 26.5. The highest BCUT2D eigenvalue weighted by Crippen LogP contribution is 2.43. The minimum atomic E-state index is -4.47. The molecule has 0 rings (SSSR count). The first-order valence-corrected chi connectivity index (χ1v) is 37.2. The van der Waals surface area contributed by atoms with Crippen molar-refractivity contribution in [3.05, 3.63) is 109 Å². The SMILES string of the molecule is CC/C=C\C/C=C\C/C=C\C/C=C\C/C=C\C/C=C\CCCCCCC(=O)NC(COP(=O)(O)OCC[N+](C)(C)C)C(/C=C/CCCCCCCCCCCC)OC(=O)CCCCCCCCCCCCCCCCC/C=C\C/C=C\CCCCC. The summed E-state index contributed by atoms with van der Waals surface area (Å²) in [6, 6.07) is -0.869. The lowest BCUT2D eigenvalue weighted by Crippen LogP contribution is -2.47. The summed E-state index contributed by atoms with van der Waals surface area (Å²) in [5.74, 6) is -0.532. The van der Waals surface area contributed by atoms with Gasteiger partial charge in [0.25, 0.3) is 0 Å². The van der Waals surface area contributed by atoms with E-state index >= 15 is 0 Å². The maximum atomic E-state index is 13.6. The monoisotopic (exact) mass is 1220 g/mol. The van der Waals surface area contributed by atoms with Crippen molar-refractivity contribution >= 4 is 19.7 Å². The van der Waals surface area contributed by atoms with Crippen molar-refractivity contribution in [2.24, 2.45) is 0 Å². The van der Waals surface area contributed by atoms with Crippen molar-refractivity contribution < 1.29 is 37.3 Å². The number of esters is 1. The highest BCUT2D eigenvalue weighted by molar-refractivity contribution is 7.47. The quantitative estimate of drug-likeness (QED) is 0.0205. The predicted molar refractivity (Wildman–Crippen MR) is 373 cm³/mol. The zero-order valence-electron chi connectivity index (χ0n) is 56.8. The molecular formula is C76H136N2O7P+. The maximum Gasteiger partial charge on any atom is 0.472 e. The van der Waals surface area contributed by atoms with Gasteiger partial charge in [0.1, 0.15) is 19.3 Å². The Morgan fingerprint density at radius 2 is 0.744 bits per heavy atom. The van der Waals surface area contributed by atoms with Gasteiger partial charge in [0.2, 0.25) is 5.91 Å². The van der Waals surface area contributed by atoms with E-state index in [1.807, 2.05) is 33.3 Å². The van der Waals surface area contributed by atoms with E-state index in [1.54, 1.807) is 0 Å². The van der Waals surface area contributed by atoms with Crippen LogP contribution in [0.25, 0.3) is 0 Å². The van der Waals surface area contributed by atoms with Gasteiger partial charge < -0.3 is 19.4 Å². The van der Waals surface area contributed by atoms with Crippen LogP contribution in [0.15, 0.2) is 109 Å². The molecule has 3 atom stereocenters. The van der Waals surface area contributed by atoms with Crippen LogP contribution in [0, 0.1) is 0 Å². The number of rotatable bonds is 64. The van der Waals surface area contributed by atoms with Crippen LogP contribution < -0.4 is 5.32 Å². The number of nitrogens with zero attached hydrogens (tertiary/aromatic N) is 1. The van der Waals surface area contributed by atoms with Gasteiger partial charge in [-0.05, 0) is 115 Å². The van der Waals surface area contributed by atoms with Gasteiger partial charge in [-0.1, -0.05) is 291 Å². The van der Waals surface area contributed by atoms with E-state index in [0.717, 1.165) is 109 Å². The molecular weight excluding hydrogens is 1080 g/mol. The van der Waals surface area contributed by atoms with Crippen molar-refractivity contribution in [1.82, 2.24) is 5.32 Å². The molecule has 0 aromatic rings. The summed E-state index contributed by atoms with van der Waals surface area (Å²) < 4.78 is 30.8. The fourth-order valence-electron chi connectivity index (χ4n) is 9.98. The van der Waals surface area contributed by atoms with Crippen LogP contribution in [0.3, 0.4) is 0 Å². The Hall–Kier alpha value is -3.33. The molecule has 9 nitrogen and oxygen atoms in total. The van der Waals surface area contributed by atoms with E-state index in [0.29, 0.717) is 23.9 Å². The number of hydrogen-bond acceptors (Lipinski definition) is 6. The zero-order chi connectivity index (χ0) is 62.8. The summed E-state index contributed by atoms with van der Waals surface area (Å²) in [5, 5.41) is 3.06. The third-order valence-corrected chi connectivity index (χ3v) is 16.4. The molecule has 0 aliphatic carbocycles. The van der Waals surface area contributed by atoms with Gasteiger partial charge in [-0.2, -0.15) is 0 Å². The van der Waals surface area contributed by atoms with Crippen molar-refractivity contribution in [2.45, 2.75) is 322 Å². The second kappa shape index (κ2) is 64.6. The first-order chi connectivity index (χ1) is 41.9. The molecule has 0 bridgehead atoms. The number of carbonyl (C=O) groups is 2. The van der Waals surface area contributed by atoms with Gasteiger partial charge in [0.05, 0.1) is 33.8 Å². The molecule has 0 saturated heterocycles. The van der Waals surface area contributed by atoms with Gasteiger partial charge >= 0.3 is 13.8 Å². The Balaban J connectivity index is 5.12. The van der Waals surface area contributed by atoms with Gasteiger partial charge in [-0.15, -0.1) is 0 Å². The Bertz CT molecular complexity index is 1840. The molecule has 0 fully saturated rings. The molecule has 0 saturated carbocycles. The fraction of sp³-hybridized carbons (Fsp3) is 0.737. The van der Waals surface area contributed by atoms with Crippen molar-refractivity contribution in [3.8, 4) is 0 Å². The minimum Gasteiger partial charge on any atom is -0.456 e. The Labute approximate surface area is 531 Å². The lowest BCUT2D eigenvalue weighted by atomic mass is 10.0. The number of quaternary nitrogens is 1. The number of ether oxygens (including phenoxy) is 1. The molecule has 2 N–H and O–H groups in total. The number of allylic oxidation sites excluding steroid dienone is 17. The average molecular weight is 1220 g/mol. The van der Waals surface area contributed by atoms with E-state index in [-0.39, 0.29) is 31.5 Å². The van der Waals surface area contributed by atoms with E-state index in [9.17, 15) is 19.0 Å². The highest BCUT2D eigenvalue weighted by Gasteiger charge is 2.30. The number of phosphoric acid groups is 1. The molecule has 10 heteroatoms. The van der Waals surface area contributed by atoms with Crippen molar-refractivity contribution in [1.29, 1.82) is 0 Å². The number of carbonyl (C=O) groups excluding carboxylic acids is 2. The van der Waals surface area contributed by atoms with Crippen LogP contribution >= 0.6 is 7.82 Å². The zero-order valence-corrected chi connectivity index (χ0v) is 57.7. The predicted octanol–water partition coefficient (Wildman–Crippen LogP) is 22.8. The van der Waals surface area contributed by atoms with Crippen LogP contribution in [-0.4, -0.2) is 74.3 Å². The molecule has 0 aromatic carbocycles. The van der Waals surface area contributed by atoms with Crippen LogP contribution in [0.5, 0.6) is 0 Å². The standard InChI is InChI=1S/C76H135N2O7P/c1-7-10-13-16-19-22-25-28-30-32-34-36-38-39-41-43-45-47-49-51-54-57-60-63-66-69-76(80)85-74(67-64-61-58-55-52-27-24-21-18-15-12-9-3)73(72-84-86(81,82)83-71-70-78(4,5)6)77-75(79)68-65-62-59-56-53-50-48-46-44-42-40-37-35-33-31-29-26-23-20-17-14-11-8-2/h11,14,19-20,22-23,28-31,35,37,42,44,48,50,64,67,73-74H,7-10,12-13,15-18,21,24-27,32-34,36,38-41,43,45-47,49,51-63,65-66,68-72H2,1-6H3,(H-,77,79,81,82)/p+1/b14-11-,22-19-,23-20-,30-28-,31-29-,37-35-,44-42-,50-48-,67-64+. The molecule has 0 radical (unpaired) electrons. The number of unbranched alkanes of at least 4 members (excludes halogenated alkanes) is 32. The summed E-state index contributed by atoms with van der Waals surface area (Å²) >= 11 is 0. The van der Waals surface area contributed by atoms with Crippen LogP contribution in [-0.2, 0) is 27.9 Å². The van der Waals surface area contributed by atoms with E-state index in [2.05, 4.69) is 123 Å². The molecule has 0 aliphatic heterocycles. The number of hydrogen-bond donors (Lipinski definition) is 2. The number of phosphoric ester groups is 1.